The molecule has 7 nitrogen and oxygen atoms in total. The molecule has 208 valence electrons. The molecule has 0 aromatic heterocycles. The van der Waals surface area contributed by atoms with E-state index in [-0.39, 0.29) is 41.0 Å². The van der Waals surface area contributed by atoms with Crippen LogP contribution in [0.4, 0.5) is 0 Å². The smallest absolute Gasteiger partial charge is 0.360 e. The lowest BCUT2D eigenvalue weighted by Crippen LogP contribution is -2.71. The maximum absolute atomic E-state index is 13.9. The predicted molar refractivity (Wildman–Crippen MR) is 159 cm³/mol. The highest BCUT2D eigenvalue weighted by atomic mass is 32.2. The standard InChI is InChI=1S/C25H46NO6PS2Si/c1-13-16-29-23(28)22(33(9,30-14-2)31-15-3)26-20(17(4)24(34)35-10)19(21(26)27)18(5)32-36(11,12)25(6,7)8/h13,17-20H,1,14-16H2,2-12H3/t17-,18-,19-,20-/m1/s1. The Kier molecular flexibility index (Phi) is 12.6. The summed E-state index contributed by atoms with van der Waals surface area (Å²) < 4.78 is 24.9. The molecule has 11 heteroatoms. The summed E-state index contributed by atoms with van der Waals surface area (Å²) in [6, 6.07) is -0.385. The van der Waals surface area contributed by atoms with Gasteiger partial charge in [0.15, 0.2) is 21.1 Å². The first-order valence-electron chi connectivity index (χ1n) is 12.4. The van der Waals surface area contributed by atoms with Crippen molar-refractivity contribution < 1.29 is 27.8 Å². The average Bonchev–Trinajstić information content (AvgIpc) is 2.76. The third-order valence-corrected chi connectivity index (χ3v) is 15.8. The first-order chi connectivity index (χ1) is 16.5. The van der Waals surface area contributed by atoms with E-state index in [2.05, 4.69) is 40.4 Å². The monoisotopic (exact) mass is 579 g/mol. The van der Waals surface area contributed by atoms with Crippen LogP contribution in [-0.2, 0) is 27.8 Å². The molecule has 4 atom stereocenters. The highest BCUT2D eigenvalue weighted by molar-refractivity contribution is 8.22. The molecular weight excluding hydrogens is 533 g/mol. The van der Waals surface area contributed by atoms with Crippen LogP contribution in [0.1, 0.15) is 48.5 Å². The molecule has 1 heterocycles. The maximum atomic E-state index is 13.9. The summed E-state index contributed by atoms with van der Waals surface area (Å²) in [7, 11) is -5.10. The van der Waals surface area contributed by atoms with Crippen LogP contribution >= 0.6 is 31.3 Å². The molecule has 1 fully saturated rings. The van der Waals surface area contributed by atoms with Crippen molar-refractivity contribution in [3.8, 4) is 0 Å². The van der Waals surface area contributed by atoms with E-state index in [1.54, 1.807) is 6.66 Å². The number of thioether (sulfide) groups is 1. The maximum Gasteiger partial charge on any atom is 0.360 e. The molecule has 0 bridgehead atoms. The normalized spacial score (nSPS) is 20.4. The molecule has 36 heavy (non-hydrogen) atoms. The molecule has 0 aromatic rings. The number of carbonyl (C=O) groups excluding carboxylic acids is 2. The van der Waals surface area contributed by atoms with Gasteiger partial charge in [-0.3, -0.25) is 9.69 Å². The molecule has 1 aliphatic heterocycles. The molecule has 1 saturated heterocycles. The number of ether oxygens (including phenoxy) is 1. The van der Waals surface area contributed by atoms with Crippen molar-refractivity contribution in [2.45, 2.75) is 78.7 Å². The molecule has 0 aromatic carbocycles. The van der Waals surface area contributed by atoms with Gasteiger partial charge < -0.3 is 18.2 Å². The molecule has 1 aliphatic rings. The molecule has 0 radical (unpaired) electrons. The Morgan fingerprint density at radius 2 is 1.78 bits per heavy atom. The second-order valence-corrected chi connectivity index (χ2v) is 19.4. The minimum absolute atomic E-state index is 0.0107. The van der Waals surface area contributed by atoms with Crippen molar-refractivity contribution in [1.29, 1.82) is 0 Å². The van der Waals surface area contributed by atoms with Crippen LogP contribution in [0.15, 0.2) is 12.7 Å². The Labute approximate surface area is 229 Å². The lowest BCUT2D eigenvalue weighted by atomic mass is 9.77. The molecule has 1 rings (SSSR count). The largest absolute Gasteiger partial charge is 0.457 e. The summed E-state index contributed by atoms with van der Waals surface area (Å²) in [5.74, 6) is -1.47. The zero-order valence-electron chi connectivity index (χ0n) is 23.9. The van der Waals surface area contributed by atoms with Crippen LogP contribution in [-0.4, -0.2) is 79.6 Å². The van der Waals surface area contributed by atoms with Crippen LogP contribution in [0.25, 0.3) is 0 Å². The van der Waals surface area contributed by atoms with Gasteiger partial charge in [0.1, 0.15) is 6.61 Å². The highest BCUT2D eigenvalue weighted by Gasteiger charge is 2.58. The Morgan fingerprint density at radius 1 is 1.25 bits per heavy atom. The second kappa shape index (κ2) is 13.5. The van der Waals surface area contributed by atoms with Gasteiger partial charge in [0.05, 0.1) is 35.5 Å². The van der Waals surface area contributed by atoms with Gasteiger partial charge in [-0.2, -0.15) is 0 Å². The topological polar surface area (TPSA) is 74.3 Å². The number of nitrogens with zero attached hydrogens (tertiary/aromatic N) is 1. The van der Waals surface area contributed by atoms with E-state index in [1.165, 1.54) is 22.7 Å². The summed E-state index contributed by atoms with van der Waals surface area (Å²) in [5, 5.41) is -0.0107. The second-order valence-electron chi connectivity index (χ2n) is 10.5. The Balaban J connectivity index is 3.70. The highest BCUT2D eigenvalue weighted by Crippen LogP contribution is 2.52. The molecule has 0 N–H and O–H groups in total. The fourth-order valence-electron chi connectivity index (χ4n) is 4.14. The number of carbonyl (C=O) groups is 2. The summed E-state index contributed by atoms with van der Waals surface area (Å²) in [5.41, 5.74) is 0.134. The fourth-order valence-corrected chi connectivity index (χ4v) is 8.55. The first-order valence-corrected chi connectivity index (χ1v) is 19.1. The summed E-state index contributed by atoms with van der Waals surface area (Å²) in [6.45, 7) is 24.5. The third kappa shape index (κ3) is 7.33. The molecular formula is C25H46NO6PS2Si. The lowest BCUT2D eigenvalue weighted by Gasteiger charge is -2.54. The molecule has 0 saturated carbocycles. The SMILES string of the molecule is C=CCOC(=O)C(N1C(=O)[C@H]([C@@H](C)O[Si](C)(C)C(C)(C)C)[C@H]1[C@@H](C)C(=S)SC)=P(C)(OCC)OCC. The first kappa shape index (κ1) is 33.5. The zero-order valence-corrected chi connectivity index (χ0v) is 27.4. The van der Waals surface area contributed by atoms with Crippen LogP contribution < -0.4 is 0 Å². The van der Waals surface area contributed by atoms with E-state index < -0.39 is 27.5 Å². The van der Waals surface area contributed by atoms with E-state index in [0.717, 1.165) is 4.20 Å². The Bertz CT molecular complexity index is 878. The number of hydrogen-bond donors (Lipinski definition) is 0. The van der Waals surface area contributed by atoms with Crippen LogP contribution in [0.5, 0.6) is 0 Å². The predicted octanol–water partition coefficient (Wildman–Crippen LogP) is 5.96. The van der Waals surface area contributed by atoms with Crippen molar-refractivity contribution >= 4 is 61.1 Å². The number of thiocarbonyl (C=S) groups is 1. The molecule has 0 spiro atoms. The van der Waals surface area contributed by atoms with Crippen molar-refractivity contribution in [1.82, 2.24) is 4.90 Å². The minimum Gasteiger partial charge on any atom is -0.457 e. The van der Waals surface area contributed by atoms with Crippen molar-refractivity contribution in [2.24, 2.45) is 11.8 Å². The van der Waals surface area contributed by atoms with E-state index in [1.807, 2.05) is 34.0 Å². The molecule has 1 amide bonds. The summed E-state index contributed by atoms with van der Waals surface area (Å²) in [6.07, 6.45) is 3.07. The number of β-lactam (4-membered cyclic amide) rings is 1. The van der Waals surface area contributed by atoms with E-state index in [9.17, 15) is 9.59 Å². The molecule has 0 unspecified atom stereocenters. The lowest BCUT2D eigenvalue weighted by molar-refractivity contribution is -0.158. The van der Waals surface area contributed by atoms with Crippen molar-refractivity contribution in [3.63, 3.8) is 0 Å². The van der Waals surface area contributed by atoms with Crippen LogP contribution in [0, 0.1) is 11.8 Å². The quantitative estimate of drug-likeness (QED) is 0.0661. The number of likely N-dealkylation sites (tertiary alicyclic amines) is 1. The third-order valence-electron chi connectivity index (χ3n) is 6.95. The Hall–Kier alpha value is -0.483. The van der Waals surface area contributed by atoms with Crippen LogP contribution in [0.3, 0.4) is 0 Å². The minimum atomic E-state index is -2.94. The van der Waals surface area contributed by atoms with Gasteiger partial charge in [0.25, 0.3) is 0 Å². The summed E-state index contributed by atoms with van der Waals surface area (Å²) >= 11 is 7.15. The van der Waals surface area contributed by atoms with Crippen molar-refractivity contribution in [3.05, 3.63) is 12.7 Å². The number of amides is 1. The van der Waals surface area contributed by atoms with Crippen LogP contribution in [0.2, 0.25) is 18.1 Å². The van der Waals surface area contributed by atoms with Gasteiger partial charge in [-0.15, -0.1) is 11.8 Å². The van der Waals surface area contributed by atoms with E-state index in [4.69, 9.17) is 30.4 Å². The average molecular weight is 580 g/mol. The summed E-state index contributed by atoms with van der Waals surface area (Å²) in [4.78, 5) is 28.9. The van der Waals surface area contributed by atoms with Gasteiger partial charge >= 0.3 is 5.97 Å². The number of rotatable bonds is 13. The van der Waals surface area contributed by atoms with Crippen molar-refractivity contribution in [2.75, 3.05) is 32.7 Å². The van der Waals surface area contributed by atoms with E-state index in [0.29, 0.717) is 13.2 Å². The van der Waals surface area contributed by atoms with Gasteiger partial charge in [-0.25, -0.2) is 4.79 Å². The van der Waals surface area contributed by atoms with Gasteiger partial charge in [0.2, 0.25) is 5.91 Å². The Morgan fingerprint density at radius 3 is 2.19 bits per heavy atom. The van der Waals surface area contributed by atoms with Gasteiger partial charge in [0, 0.05) is 12.6 Å². The fraction of sp³-hybridized carbons (Fsp3) is 0.760. The van der Waals surface area contributed by atoms with Gasteiger partial charge in [-0.1, -0.05) is 52.6 Å². The van der Waals surface area contributed by atoms with Gasteiger partial charge in [-0.05, 0) is 45.2 Å². The number of esters is 1. The molecule has 0 aliphatic carbocycles. The van der Waals surface area contributed by atoms with E-state index >= 15 is 0 Å². The number of hydrogen-bond acceptors (Lipinski definition) is 8. The zero-order chi connectivity index (χ0) is 28.1.